The number of hydrogen-bond donors (Lipinski definition) is 1. The average molecular weight is 377 g/mol. The van der Waals surface area contributed by atoms with Crippen LogP contribution >= 0.6 is 0 Å². The third kappa shape index (κ3) is 5.17. The predicted molar refractivity (Wildman–Crippen MR) is 99.8 cm³/mol. The van der Waals surface area contributed by atoms with Gasteiger partial charge in [-0.15, -0.1) is 0 Å². The number of non-ortho nitro benzene ring substituents is 1. The van der Waals surface area contributed by atoms with Gasteiger partial charge >= 0.3 is 0 Å². The van der Waals surface area contributed by atoms with E-state index in [0.29, 0.717) is 12.3 Å². The van der Waals surface area contributed by atoms with E-state index in [9.17, 15) is 14.9 Å². The first kappa shape index (κ1) is 19.6. The van der Waals surface area contributed by atoms with Gasteiger partial charge in [0.2, 0.25) is 0 Å². The monoisotopic (exact) mass is 377 g/mol. The van der Waals surface area contributed by atoms with E-state index in [4.69, 9.17) is 9.47 Å². The molecule has 0 aromatic heterocycles. The molecule has 1 aromatic carbocycles. The molecule has 1 amide bonds. The van der Waals surface area contributed by atoms with Gasteiger partial charge in [-0.1, -0.05) is 25.3 Å². The summed E-state index contributed by atoms with van der Waals surface area (Å²) in [5.41, 5.74) is -0.0511. The number of morpholine rings is 1. The van der Waals surface area contributed by atoms with E-state index in [-0.39, 0.29) is 23.7 Å². The summed E-state index contributed by atoms with van der Waals surface area (Å²) in [6, 6.07) is 5.86. The number of nitrogens with zero attached hydrogens (tertiary/aromatic N) is 2. The summed E-state index contributed by atoms with van der Waals surface area (Å²) in [6.07, 6.45) is 5.77. The molecule has 3 rings (SSSR count). The second-order valence-corrected chi connectivity index (χ2v) is 7.20. The van der Waals surface area contributed by atoms with Crippen LogP contribution in [0.2, 0.25) is 0 Å². The van der Waals surface area contributed by atoms with Crippen molar-refractivity contribution in [1.29, 1.82) is 0 Å². The lowest BCUT2D eigenvalue weighted by Gasteiger charge is -2.48. The van der Waals surface area contributed by atoms with E-state index in [2.05, 4.69) is 10.2 Å². The molecule has 148 valence electrons. The maximum absolute atomic E-state index is 12.3. The Morgan fingerprint density at radius 2 is 2.00 bits per heavy atom. The Labute approximate surface area is 159 Å². The number of nitro benzene ring substituents is 1. The Balaban J connectivity index is 1.53. The quantitative estimate of drug-likeness (QED) is 0.578. The van der Waals surface area contributed by atoms with E-state index >= 15 is 0 Å². The van der Waals surface area contributed by atoms with Crippen molar-refractivity contribution in [2.45, 2.75) is 37.6 Å². The molecule has 1 heterocycles. The lowest BCUT2D eigenvalue weighted by atomic mass is 9.79. The number of hydrogen-bond acceptors (Lipinski definition) is 6. The van der Waals surface area contributed by atoms with Gasteiger partial charge in [-0.05, 0) is 18.9 Å². The largest absolute Gasteiger partial charge is 0.484 e. The summed E-state index contributed by atoms with van der Waals surface area (Å²) in [6.45, 7) is 3.74. The number of amides is 1. The Bertz CT molecular complexity index is 655. The zero-order valence-corrected chi connectivity index (χ0v) is 15.5. The molecule has 1 aliphatic heterocycles. The summed E-state index contributed by atoms with van der Waals surface area (Å²) < 4.78 is 10.9. The molecule has 1 aliphatic carbocycles. The summed E-state index contributed by atoms with van der Waals surface area (Å²) in [5, 5.41) is 13.8. The third-order valence-corrected chi connectivity index (χ3v) is 5.48. The fourth-order valence-corrected chi connectivity index (χ4v) is 4.00. The van der Waals surface area contributed by atoms with E-state index in [0.717, 1.165) is 39.1 Å². The van der Waals surface area contributed by atoms with Crippen LogP contribution in [0.1, 0.15) is 32.1 Å². The van der Waals surface area contributed by atoms with Crippen LogP contribution in [0.4, 0.5) is 5.69 Å². The van der Waals surface area contributed by atoms with Crippen molar-refractivity contribution in [3.63, 3.8) is 0 Å². The molecule has 2 fully saturated rings. The van der Waals surface area contributed by atoms with Crippen LogP contribution in [0.3, 0.4) is 0 Å². The number of carbonyl (C=O) groups is 1. The van der Waals surface area contributed by atoms with E-state index in [1.807, 2.05) is 0 Å². The summed E-state index contributed by atoms with van der Waals surface area (Å²) >= 11 is 0. The summed E-state index contributed by atoms with van der Waals surface area (Å²) in [7, 11) is 0. The minimum Gasteiger partial charge on any atom is -0.484 e. The molecule has 1 saturated carbocycles. The van der Waals surface area contributed by atoms with Crippen LogP contribution in [-0.4, -0.2) is 60.7 Å². The topological polar surface area (TPSA) is 93.9 Å². The fraction of sp³-hybridized carbons (Fsp3) is 0.632. The van der Waals surface area contributed by atoms with Gasteiger partial charge in [0.25, 0.3) is 11.6 Å². The lowest BCUT2D eigenvalue weighted by Crippen LogP contribution is -2.60. The van der Waals surface area contributed by atoms with Crippen LogP contribution in [0.25, 0.3) is 0 Å². The second-order valence-electron chi connectivity index (χ2n) is 7.20. The number of benzene rings is 1. The molecular formula is C19H27N3O5. The highest BCUT2D eigenvalue weighted by atomic mass is 16.6. The molecule has 0 spiro atoms. The van der Waals surface area contributed by atoms with E-state index < -0.39 is 4.92 Å². The van der Waals surface area contributed by atoms with Crippen molar-refractivity contribution in [2.75, 3.05) is 39.5 Å². The van der Waals surface area contributed by atoms with Gasteiger partial charge in [0, 0.05) is 31.2 Å². The predicted octanol–water partition coefficient (Wildman–Crippen LogP) is 2.12. The number of carbonyl (C=O) groups excluding carboxylic acids is 1. The fourth-order valence-electron chi connectivity index (χ4n) is 4.00. The smallest absolute Gasteiger partial charge is 0.273 e. The van der Waals surface area contributed by atoms with Gasteiger partial charge in [0.15, 0.2) is 6.61 Å². The summed E-state index contributed by atoms with van der Waals surface area (Å²) in [4.78, 5) is 25.1. The number of rotatable bonds is 7. The normalized spacial score (nSPS) is 20.0. The highest BCUT2D eigenvalue weighted by Gasteiger charge is 2.38. The zero-order chi connectivity index (χ0) is 19.1. The zero-order valence-electron chi connectivity index (χ0n) is 15.5. The first-order valence-electron chi connectivity index (χ1n) is 9.56. The van der Waals surface area contributed by atoms with Gasteiger partial charge in [0.1, 0.15) is 5.75 Å². The Morgan fingerprint density at radius 1 is 1.26 bits per heavy atom. The Kier molecular flexibility index (Phi) is 6.63. The van der Waals surface area contributed by atoms with Crippen LogP contribution in [0.5, 0.6) is 5.75 Å². The van der Waals surface area contributed by atoms with Crippen LogP contribution in [-0.2, 0) is 9.53 Å². The average Bonchev–Trinajstić information content (AvgIpc) is 2.72. The van der Waals surface area contributed by atoms with Crippen molar-refractivity contribution in [2.24, 2.45) is 0 Å². The molecular weight excluding hydrogens is 350 g/mol. The third-order valence-electron chi connectivity index (χ3n) is 5.48. The van der Waals surface area contributed by atoms with Gasteiger partial charge in [-0.2, -0.15) is 0 Å². The van der Waals surface area contributed by atoms with Gasteiger partial charge in [-0.25, -0.2) is 0 Å². The Morgan fingerprint density at radius 3 is 2.70 bits per heavy atom. The van der Waals surface area contributed by atoms with Crippen LogP contribution in [0, 0.1) is 10.1 Å². The number of nitro groups is 1. The molecule has 2 aliphatic rings. The molecule has 0 bridgehead atoms. The standard InChI is InChI=1S/C19H27N3O5/c23-18(14-27-17-6-4-5-16(13-17)22(24)25)20-15-19(7-2-1-3-8-19)21-9-11-26-12-10-21/h4-6,13H,1-3,7-12,14-15H2,(H,20,23). The first-order chi connectivity index (χ1) is 13.1. The number of ether oxygens (including phenoxy) is 2. The maximum atomic E-state index is 12.3. The van der Waals surface area contributed by atoms with Crippen LogP contribution in [0.15, 0.2) is 24.3 Å². The van der Waals surface area contributed by atoms with E-state index in [1.54, 1.807) is 12.1 Å². The number of nitrogens with one attached hydrogen (secondary N) is 1. The molecule has 0 radical (unpaired) electrons. The van der Waals surface area contributed by atoms with Crippen molar-refractivity contribution in [3.05, 3.63) is 34.4 Å². The molecule has 1 saturated heterocycles. The van der Waals surface area contributed by atoms with Crippen LogP contribution < -0.4 is 10.1 Å². The van der Waals surface area contributed by atoms with Gasteiger partial charge in [-0.3, -0.25) is 19.8 Å². The molecule has 1 aromatic rings. The van der Waals surface area contributed by atoms with Gasteiger partial charge in [0.05, 0.1) is 24.2 Å². The lowest BCUT2D eigenvalue weighted by molar-refractivity contribution is -0.384. The molecule has 0 atom stereocenters. The SMILES string of the molecule is O=C(COc1cccc([N+](=O)[O-])c1)NCC1(N2CCOCC2)CCCCC1. The van der Waals surface area contributed by atoms with Crippen molar-refractivity contribution in [3.8, 4) is 5.75 Å². The highest BCUT2D eigenvalue weighted by Crippen LogP contribution is 2.33. The maximum Gasteiger partial charge on any atom is 0.273 e. The molecule has 8 nitrogen and oxygen atoms in total. The van der Waals surface area contributed by atoms with Gasteiger partial charge < -0.3 is 14.8 Å². The second kappa shape index (κ2) is 9.14. The molecule has 27 heavy (non-hydrogen) atoms. The van der Waals surface area contributed by atoms with Crippen molar-refractivity contribution >= 4 is 11.6 Å². The van der Waals surface area contributed by atoms with Crippen molar-refractivity contribution < 1.29 is 19.2 Å². The Hall–Kier alpha value is -2.19. The minimum atomic E-state index is -0.484. The van der Waals surface area contributed by atoms with E-state index in [1.165, 1.54) is 31.4 Å². The first-order valence-corrected chi connectivity index (χ1v) is 9.56. The minimum absolute atomic E-state index is 0.00320. The molecule has 1 N–H and O–H groups in total. The highest BCUT2D eigenvalue weighted by molar-refractivity contribution is 5.77. The summed E-state index contributed by atoms with van der Waals surface area (Å²) in [5.74, 6) is 0.111. The molecule has 0 unspecified atom stereocenters. The van der Waals surface area contributed by atoms with Crippen molar-refractivity contribution in [1.82, 2.24) is 10.2 Å². The molecule has 8 heteroatoms.